The number of fused-ring (bicyclic) bond motifs is 6. The Bertz CT molecular complexity index is 2100. The summed E-state index contributed by atoms with van der Waals surface area (Å²) in [5.41, 5.74) is 7.67. The predicted octanol–water partition coefficient (Wildman–Crippen LogP) is 7.47. The molecular formula is C35H23N2OP. The van der Waals surface area contributed by atoms with Crippen LogP contribution in [0.5, 0.6) is 0 Å². The largest absolute Gasteiger partial charge is 0.309 e. The first-order valence-corrected chi connectivity index (χ1v) is 14.8. The summed E-state index contributed by atoms with van der Waals surface area (Å²) in [7, 11) is -2.99. The minimum Gasteiger partial charge on any atom is -0.309 e. The van der Waals surface area contributed by atoms with E-state index in [9.17, 15) is 4.57 Å². The summed E-state index contributed by atoms with van der Waals surface area (Å²) in [5, 5.41) is 4.98. The first-order chi connectivity index (χ1) is 19.2. The van der Waals surface area contributed by atoms with Gasteiger partial charge in [-0.25, -0.2) is 0 Å². The van der Waals surface area contributed by atoms with E-state index in [1.807, 2.05) is 67.0 Å². The summed E-state index contributed by atoms with van der Waals surface area (Å²) in [6, 6.07) is 43.6. The van der Waals surface area contributed by atoms with Crippen LogP contribution in [0.1, 0.15) is 0 Å². The molecule has 4 heteroatoms. The molecule has 8 rings (SSSR count). The van der Waals surface area contributed by atoms with Gasteiger partial charge in [-0.05, 0) is 58.7 Å². The van der Waals surface area contributed by atoms with E-state index in [0.717, 1.165) is 65.7 Å². The average molecular weight is 519 g/mol. The topological polar surface area (TPSA) is 34.9 Å². The highest BCUT2D eigenvalue weighted by Crippen LogP contribution is 2.52. The van der Waals surface area contributed by atoms with Gasteiger partial charge in [-0.1, -0.05) is 91.0 Å². The lowest BCUT2D eigenvalue weighted by atomic mass is 9.99. The van der Waals surface area contributed by atoms with E-state index in [-0.39, 0.29) is 0 Å². The average Bonchev–Trinajstić information content (AvgIpc) is 3.48. The third-order valence-corrected chi connectivity index (χ3v) is 11.0. The van der Waals surface area contributed by atoms with Crippen molar-refractivity contribution in [2.24, 2.45) is 0 Å². The van der Waals surface area contributed by atoms with Crippen LogP contribution in [-0.4, -0.2) is 9.55 Å². The number of nitrogens with zero attached hydrogens (tertiary/aromatic N) is 2. The standard InChI is InChI=1S/C35H23N2OP/c38-39(27-11-5-2-6-12-27)34-14-8-7-13-28(34)29-17-15-25(22-35(29)39)24-16-18-32-30(21-24)31-23-36-20-19-33(31)37(32)26-9-3-1-4-10-26/h1-23H. The molecule has 1 unspecified atom stereocenters. The molecule has 0 amide bonds. The van der Waals surface area contributed by atoms with Gasteiger partial charge < -0.3 is 9.13 Å². The highest BCUT2D eigenvalue weighted by Gasteiger charge is 2.40. The third kappa shape index (κ3) is 3.17. The Labute approximate surface area is 226 Å². The van der Waals surface area contributed by atoms with Gasteiger partial charge in [0.15, 0.2) is 7.14 Å². The zero-order chi connectivity index (χ0) is 26.0. The normalized spacial score (nSPS) is 15.9. The zero-order valence-electron chi connectivity index (χ0n) is 21.0. The third-order valence-electron chi connectivity index (χ3n) is 7.90. The van der Waals surface area contributed by atoms with Crippen molar-refractivity contribution >= 4 is 44.9 Å². The number of pyridine rings is 1. The number of rotatable bonds is 3. The molecule has 3 heterocycles. The fraction of sp³-hybridized carbons (Fsp3) is 0. The van der Waals surface area contributed by atoms with Crippen LogP contribution in [0.25, 0.3) is 49.7 Å². The Morgan fingerprint density at radius 2 is 1.23 bits per heavy atom. The Morgan fingerprint density at radius 1 is 0.564 bits per heavy atom. The molecule has 1 atom stereocenters. The van der Waals surface area contributed by atoms with Crippen molar-refractivity contribution in [1.82, 2.24) is 9.55 Å². The molecule has 2 aromatic heterocycles. The SMILES string of the molecule is O=P1(c2ccccc2)c2ccccc2-c2ccc(-c3ccc4c(c3)c3cnccc3n4-c3ccccc3)cc21. The Hall–Kier alpha value is -4.72. The van der Waals surface area contributed by atoms with E-state index >= 15 is 0 Å². The maximum absolute atomic E-state index is 15.0. The van der Waals surface area contributed by atoms with E-state index in [1.165, 1.54) is 0 Å². The minimum absolute atomic E-state index is 0.876. The molecule has 184 valence electrons. The molecule has 39 heavy (non-hydrogen) atoms. The minimum atomic E-state index is -2.99. The number of hydrogen-bond acceptors (Lipinski definition) is 2. The van der Waals surface area contributed by atoms with Crippen LogP contribution >= 0.6 is 7.14 Å². The Balaban J connectivity index is 1.35. The second kappa shape index (κ2) is 8.39. The van der Waals surface area contributed by atoms with Gasteiger partial charge in [-0.2, -0.15) is 0 Å². The molecule has 0 spiro atoms. The second-order valence-electron chi connectivity index (χ2n) is 9.99. The van der Waals surface area contributed by atoms with Crippen LogP contribution in [0.2, 0.25) is 0 Å². The molecular weight excluding hydrogens is 495 g/mol. The van der Waals surface area contributed by atoms with E-state index in [1.54, 1.807) is 0 Å². The molecule has 0 fully saturated rings. The van der Waals surface area contributed by atoms with E-state index < -0.39 is 7.14 Å². The van der Waals surface area contributed by atoms with Crippen LogP contribution in [0.15, 0.2) is 140 Å². The Kier molecular flexibility index (Phi) is 4.79. The molecule has 0 bridgehead atoms. The second-order valence-corrected chi connectivity index (χ2v) is 12.7. The van der Waals surface area contributed by atoms with Gasteiger partial charge in [0, 0.05) is 44.8 Å². The van der Waals surface area contributed by atoms with Gasteiger partial charge in [0.25, 0.3) is 0 Å². The molecule has 0 saturated heterocycles. The van der Waals surface area contributed by atoms with Crippen LogP contribution in [-0.2, 0) is 4.57 Å². The van der Waals surface area contributed by atoms with Gasteiger partial charge in [0.05, 0.1) is 11.0 Å². The van der Waals surface area contributed by atoms with Crippen molar-refractivity contribution in [1.29, 1.82) is 0 Å². The van der Waals surface area contributed by atoms with Crippen LogP contribution in [0.3, 0.4) is 0 Å². The van der Waals surface area contributed by atoms with Gasteiger partial charge in [0.1, 0.15) is 0 Å². The predicted molar refractivity (Wildman–Crippen MR) is 162 cm³/mol. The van der Waals surface area contributed by atoms with E-state index in [2.05, 4.69) is 82.3 Å². The lowest BCUT2D eigenvalue weighted by Crippen LogP contribution is -2.20. The lowest BCUT2D eigenvalue weighted by molar-refractivity contribution is 0.593. The molecule has 0 saturated carbocycles. The number of hydrogen-bond donors (Lipinski definition) is 0. The molecule has 5 aromatic carbocycles. The van der Waals surface area contributed by atoms with Gasteiger partial charge >= 0.3 is 0 Å². The summed E-state index contributed by atoms with van der Waals surface area (Å²) in [4.78, 5) is 4.45. The van der Waals surface area contributed by atoms with Crippen molar-refractivity contribution in [2.75, 3.05) is 0 Å². The first kappa shape index (κ1) is 22.3. The summed E-state index contributed by atoms with van der Waals surface area (Å²) in [5.74, 6) is 0. The van der Waals surface area contributed by atoms with Crippen molar-refractivity contribution in [2.45, 2.75) is 0 Å². The first-order valence-electron chi connectivity index (χ1n) is 13.1. The van der Waals surface area contributed by atoms with Gasteiger partial charge in [0.2, 0.25) is 0 Å². The molecule has 1 aliphatic heterocycles. The zero-order valence-corrected chi connectivity index (χ0v) is 21.9. The van der Waals surface area contributed by atoms with Crippen molar-refractivity contribution in [3.63, 3.8) is 0 Å². The fourth-order valence-electron chi connectivity index (χ4n) is 6.12. The maximum Gasteiger partial charge on any atom is 0.172 e. The van der Waals surface area contributed by atoms with Crippen molar-refractivity contribution in [3.05, 3.63) is 140 Å². The van der Waals surface area contributed by atoms with Crippen LogP contribution in [0, 0.1) is 0 Å². The monoisotopic (exact) mass is 518 g/mol. The molecule has 7 aromatic rings. The summed E-state index contributed by atoms with van der Waals surface area (Å²) in [6.45, 7) is 0. The molecule has 0 N–H and O–H groups in total. The molecule has 0 radical (unpaired) electrons. The highest BCUT2D eigenvalue weighted by atomic mass is 31.2. The molecule has 3 nitrogen and oxygen atoms in total. The summed E-state index contributed by atoms with van der Waals surface area (Å²) in [6.07, 6.45) is 3.80. The quantitative estimate of drug-likeness (QED) is 0.228. The van der Waals surface area contributed by atoms with Gasteiger partial charge in [-0.15, -0.1) is 0 Å². The fourth-order valence-corrected chi connectivity index (χ4v) is 9.22. The van der Waals surface area contributed by atoms with Crippen LogP contribution < -0.4 is 15.9 Å². The number of para-hydroxylation sites is 1. The highest BCUT2D eigenvalue weighted by molar-refractivity contribution is 7.86. The van der Waals surface area contributed by atoms with Gasteiger partial charge in [-0.3, -0.25) is 4.98 Å². The van der Waals surface area contributed by atoms with Crippen LogP contribution in [0.4, 0.5) is 0 Å². The lowest BCUT2D eigenvalue weighted by Gasteiger charge is -2.16. The summed E-state index contributed by atoms with van der Waals surface area (Å²) >= 11 is 0. The molecule has 0 aliphatic carbocycles. The summed E-state index contributed by atoms with van der Waals surface area (Å²) < 4.78 is 17.3. The van der Waals surface area contributed by atoms with Crippen molar-refractivity contribution < 1.29 is 4.57 Å². The van der Waals surface area contributed by atoms with Crippen molar-refractivity contribution in [3.8, 4) is 27.9 Å². The van der Waals surface area contributed by atoms with E-state index in [4.69, 9.17) is 0 Å². The smallest absolute Gasteiger partial charge is 0.172 e. The molecule has 1 aliphatic rings. The maximum atomic E-state index is 15.0. The van der Waals surface area contributed by atoms with E-state index in [0.29, 0.717) is 0 Å². The Morgan fingerprint density at radius 3 is 2.08 bits per heavy atom. The number of aromatic nitrogens is 2. The number of benzene rings is 5.